The molecule has 2 nitrogen and oxygen atoms in total. The monoisotopic (exact) mass is 356 g/mol. The molecular formula is C13H10Br2O2. The molecule has 2 aromatic carbocycles. The summed E-state index contributed by atoms with van der Waals surface area (Å²) in [6.07, 6.45) is 0. The predicted octanol–water partition coefficient (Wildman–Crippen LogP) is 5.01. The van der Waals surface area contributed by atoms with Crippen LogP contribution in [0.1, 0.15) is 0 Å². The van der Waals surface area contributed by atoms with Crippen LogP contribution in [0.5, 0.6) is 17.2 Å². The van der Waals surface area contributed by atoms with Crippen molar-refractivity contribution >= 4 is 31.9 Å². The van der Waals surface area contributed by atoms with Gasteiger partial charge in [0.15, 0.2) is 0 Å². The van der Waals surface area contributed by atoms with Crippen molar-refractivity contribution in [3.8, 4) is 17.2 Å². The lowest BCUT2D eigenvalue weighted by Gasteiger charge is -2.10. The van der Waals surface area contributed by atoms with Crippen molar-refractivity contribution in [2.75, 3.05) is 7.11 Å². The molecule has 0 atom stereocenters. The maximum atomic E-state index is 5.79. The first kappa shape index (κ1) is 12.5. The number of hydrogen-bond donors (Lipinski definition) is 0. The summed E-state index contributed by atoms with van der Waals surface area (Å²) in [6, 6.07) is 13.3. The molecule has 88 valence electrons. The van der Waals surface area contributed by atoms with Gasteiger partial charge in [0.05, 0.1) is 16.1 Å². The quantitative estimate of drug-likeness (QED) is 0.768. The van der Waals surface area contributed by atoms with Gasteiger partial charge in [0.25, 0.3) is 0 Å². The third-order valence-electron chi connectivity index (χ3n) is 2.20. The lowest BCUT2D eigenvalue weighted by Crippen LogP contribution is -1.88. The molecule has 2 rings (SSSR count). The number of methoxy groups -OCH3 is 1. The molecule has 0 radical (unpaired) electrons. The topological polar surface area (TPSA) is 18.5 Å². The molecule has 0 N–H and O–H groups in total. The van der Waals surface area contributed by atoms with Crippen LogP contribution in [0.4, 0.5) is 0 Å². The molecule has 0 saturated carbocycles. The van der Waals surface area contributed by atoms with Gasteiger partial charge in [0.2, 0.25) is 0 Å². The smallest absolute Gasteiger partial charge is 0.141 e. The second-order valence-electron chi connectivity index (χ2n) is 3.33. The van der Waals surface area contributed by atoms with E-state index in [-0.39, 0.29) is 0 Å². The van der Waals surface area contributed by atoms with Crippen LogP contribution >= 0.6 is 31.9 Å². The van der Waals surface area contributed by atoms with E-state index < -0.39 is 0 Å². The molecule has 0 bridgehead atoms. The van der Waals surface area contributed by atoms with Gasteiger partial charge in [-0.1, -0.05) is 12.1 Å². The van der Waals surface area contributed by atoms with Crippen LogP contribution in [0.3, 0.4) is 0 Å². The number of benzene rings is 2. The Labute approximate surface area is 117 Å². The van der Waals surface area contributed by atoms with Crippen LogP contribution in [-0.4, -0.2) is 7.11 Å². The van der Waals surface area contributed by atoms with Crippen molar-refractivity contribution in [2.24, 2.45) is 0 Å². The van der Waals surface area contributed by atoms with Crippen LogP contribution in [-0.2, 0) is 0 Å². The Hall–Kier alpha value is -1.000. The molecule has 0 heterocycles. The summed E-state index contributed by atoms with van der Waals surface area (Å²) in [4.78, 5) is 0. The highest BCUT2D eigenvalue weighted by Crippen LogP contribution is 2.35. The normalized spacial score (nSPS) is 10.1. The third kappa shape index (κ3) is 3.01. The predicted molar refractivity (Wildman–Crippen MR) is 74.9 cm³/mol. The molecule has 0 aromatic heterocycles. The van der Waals surface area contributed by atoms with Crippen LogP contribution in [0.2, 0.25) is 0 Å². The standard InChI is InChI=1S/C13H10Br2O2/c1-16-9-6-7-13(11(15)8-9)17-12-5-3-2-4-10(12)14/h2-8H,1H3. The highest BCUT2D eigenvalue weighted by molar-refractivity contribution is 9.11. The van der Waals surface area contributed by atoms with Gasteiger partial charge in [-0.15, -0.1) is 0 Å². The summed E-state index contributed by atoms with van der Waals surface area (Å²) in [5.41, 5.74) is 0. The minimum Gasteiger partial charge on any atom is -0.497 e. The zero-order valence-electron chi connectivity index (χ0n) is 9.11. The lowest BCUT2D eigenvalue weighted by molar-refractivity contribution is 0.412. The molecule has 0 saturated heterocycles. The van der Waals surface area contributed by atoms with E-state index in [4.69, 9.17) is 9.47 Å². The van der Waals surface area contributed by atoms with Crippen LogP contribution < -0.4 is 9.47 Å². The van der Waals surface area contributed by atoms with Gasteiger partial charge in [0, 0.05) is 0 Å². The second-order valence-corrected chi connectivity index (χ2v) is 5.04. The minimum absolute atomic E-state index is 0.748. The summed E-state index contributed by atoms with van der Waals surface area (Å²) < 4.78 is 12.7. The summed E-state index contributed by atoms with van der Waals surface area (Å²) in [6.45, 7) is 0. The Bertz CT molecular complexity index is 527. The van der Waals surface area contributed by atoms with Crippen molar-refractivity contribution in [2.45, 2.75) is 0 Å². The van der Waals surface area contributed by atoms with Crippen molar-refractivity contribution in [1.29, 1.82) is 0 Å². The Morgan fingerprint density at radius 1 is 0.882 bits per heavy atom. The summed E-state index contributed by atoms with van der Waals surface area (Å²) in [5.74, 6) is 2.31. The number of ether oxygens (including phenoxy) is 2. The van der Waals surface area contributed by atoms with Gasteiger partial charge in [-0.3, -0.25) is 0 Å². The first-order chi connectivity index (χ1) is 8.20. The first-order valence-corrected chi connectivity index (χ1v) is 6.55. The van der Waals surface area contributed by atoms with Gasteiger partial charge in [-0.05, 0) is 62.2 Å². The maximum absolute atomic E-state index is 5.79. The average molecular weight is 358 g/mol. The second kappa shape index (κ2) is 5.56. The van der Waals surface area contributed by atoms with E-state index in [0.29, 0.717) is 0 Å². The zero-order chi connectivity index (χ0) is 12.3. The molecule has 2 aromatic rings. The molecule has 4 heteroatoms. The molecule has 0 spiro atoms. The van der Waals surface area contributed by atoms with Crippen LogP contribution in [0.25, 0.3) is 0 Å². The van der Waals surface area contributed by atoms with E-state index in [1.165, 1.54) is 0 Å². The van der Waals surface area contributed by atoms with Crippen LogP contribution in [0, 0.1) is 0 Å². The Morgan fingerprint density at radius 2 is 1.59 bits per heavy atom. The molecule has 0 aliphatic rings. The lowest BCUT2D eigenvalue weighted by atomic mass is 10.3. The number of rotatable bonds is 3. The fraction of sp³-hybridized carbons (Fsp3) is 0.0769. The van der Waals surface area contributed by atoms with E-state index >= 15 is 0 Å². The number of halogens is 2. The molecule has 0 aliphatic carbocycles. The SMILES string of the molecule is COc1ccc(Oc2ccccc2Br)c(Br)c1. The molecule has 0 fully saturated rings. The largest absolute Gasteiger partial charge is 0.497 e. The molecule has 17 heavy (non-hydrogen) atoms. The van der Waals surface area contributed by atoms with Crippen LogP contribution in [0.15, 0.2) is 51.4 Å². The van der Waals surface area contributed by atoms with E-state index in [1.807, 2.05) is 42.5 Å². The number of hydrogen-bond acceptors (Lipinski definition) is 2. The number of para-hydroxylation sites is 1. The van der Waals surface area contributed by atoms with Crippen molar-refractivity contribution < 1.29 is 9.47 Å². The van der Waals surface area contributed by atoms with E-state index in [2.05, 4.69) is 31.9 Å². The summed E-state index contributed by atoms with van der Waals surface area (Å²) in [7, 11) is 1.64. The zero-order valence-corrected chi connectivity index (χ0v) is 12.3. The summed E-state index contributed by atoms with van der Waals surface area (Å²) in [5, 5.41) is 0. The van der Waals surface area contributed by atoms with Gasteiger partial charge in [-0.2, -0.15) is 0 Å². The van der Waals surface area contributed by atoms with E-state index in [0.717, 1.165) is 26.2 Å². The summed E-state index contributed by atoms with van der Waals surface area (Å²) >= 11 is 6.89. The van der Waals surface area contributed by atoms with E-state index in [9.17, 15) is 0 Å². The molecule has 0 aliphatic heterocycles. The minimum atomic E-state index is 0.748. The van der Waals surface area contributed by atoms with Crippen molar-refractivity contribution in [3.05, 3.63) is 51.4 Å². The fourth-order valence-corrected chi connectivity index (χ4v) is 2.14. The van der Waals surface area contributed by atoms with Gasteiger partial charge < -0.3 is 9.47 Å². The Kier molecular flexibility index (Phi) is 4.07. The van der Waals surface area contributed by atoms with Crippen molar-refractivity contribution in [3.63, 3.8) is 0 Å². The van der Waals surface area contributed by atoms with Gasteiger partial charge in [-0.25, -0.2) is 0 Å². The molecule has 0 unspecified atom stereocenters. The average Bonchev–Trinajstić information content (AvgIpc) is 2.34. The molecular weight excluding hydrogens is 348 g/mol. The highest BCUT2D eigenvalue weighted by atomic mass is 79.9. The third-order valence-corrected chi connectivity index (χ3v) is 3.47. The first-order valence-electron chi connectivity index (χ1n) is 4.96. The van der Waals surface area contributed by atoms with Gasteiger partial charge in [0.1, 0.15) is 17.2 Å². The van der Waals surface area contributed by atoms with E-state index in [1.54, 1.807) is 7.11 Å². The maximum Gasteiger partial charge on any atom is 0.141 e. The highest BCUT2D eigenvalue weighted by Gasteiger charge is 2.06. The fourth-order valence-electron chi connectivity index (χ4n) is 1.34. The molecule has 0 amide bonds. The van der Waals surface area contributed by atoms with Crippen molar-refractivity contribution in [1.82, 2.24) is 0 Å². The Morgan fingerprint density at radius 3 is 2.24 bits per heavy atom. The Balaban J connectivity index is 2.28. The van der Waals surface area contributed by atoms with Gasteiger partial charge >= 0.3 is 0 Å².